The SMILES string of the molecule is CN1C(=O)COc2ccc(Cl)cc21.Cl. The van der Waals surface area contributed by atoms with Gasteiger partial charge in [-0.05, 0) is 18.2 Å². The highest BCUT2D eigenvalue weighted by Crippen LogP contribution is 2.33. The molecule has 2 rings (SSSR count). The van der Waals surface area contributed by atoms with E-state index in [0.717, 1.165) is 5.69 Å². The second-order valence-corrected chi connectivity index (χ2v) is 3.29. The maximum Gasteiger partial charge on any atom is 0.264 e. The van der Waals surface area contributed by atoms with Crippen molar-refractivity contribution in [2.24, 2.45) is 0 Å². The lowest BCUT2D eigenvalue weighted by Crippen LogP contribution is -2.35. The Balaban J connectivity index is 0.000000980. The van der Waals surface area contributed by atoms with Gasteiger partial charge < -0.3 is 9.64 Å². The number of ether oxygens (including phenoxy) is 1. The maximum atomic E-state index is 11.2. The molecule has 0 unspecified atom stereocenters. The number of carbonyl (C=O) groups is 1. The molecule has 0 N–H and O–H groups in total. The quantitative estimate of drug-likeness (QED) is 0.688. The van der Waals surface area contributed by atoms with Crippen molar-refractivity contribution in [2.45, 2.75) is 0 Å². The van der Waals surface area contributed by atoms with Crippen molar-refractivity contribution in [2.75, 3.05) is 18.6 Å². The van der Waals surface area contributed by atoms with Crippen molar-refractivity contribution in [1.29, 1.82) is 0 Å². The van der Waals surface area contributed by atoms with Crippen molar-refractivity contribution in [1.82, 2.24) is 0 Å². The van der Waals surface area contributed by atoms with E-state index in [1.54, 1.807) is 30.1 Å². The van der Waals surface area contributed by atoms with Crippen LogP contribution in [0.15, 0.2) is 18.2 Å². The fourth-order valence-corrected chi connectivity index (χ4v) is 1.41. The Morgan fingerprint density at radius 1 is 1.50 bits per heavy atom. The van der Waals surface area contributed by atoms with E-state index in [1.165, 1.54) is 0 Å². The Kier molecular flexibility index (Phi) is 3.24. The van der Waals surface area contributed by atoms with Gasteiger partial charge in [-0.1, -0.05) is 11.6 Å². The lowest BCUT2D eigenvalue weighted by Gasteiger charge is -2.25. The van der Waals surface area contributed by atoms with Gasteiger partial charge in [-0.3, -0.25) is 4.79 Å². The Bertz CT molecular complexity index is 368. The second-order valence-electron chi connectivity index (χ2n) is 2.85. The van der Waals surface area contributed by atoms with Gasteiger partial charge >= 0.3 is 0 Å². The van der Waals surface area contributed by atoms with Crippen molar-refractivity contribution >= 4 is 35.6 Å². The molecule has 0 fully saturated rings. The first-order chi connectivity index (χ1) is 6.18. The smallest absolute Gasteiger partial charge is 0.264 e. The van der Waals surface area contributed by atoms with E-state index < -0.39 is 0 Å². The number of anilines is 1. The number of fused-ring (bicyclic) bond motifs is 1. The number of carbonyl (C=O) groups excluding carboxylic acids is 1. The third-order valence-corrected chi connectivity index (χ3v) is 2.24. The van der Waals surface area contributed by atoms with Gasteiger partial charge in [0, 0.05) is 12.1 Å². The van der Waals surface area contributed by atoms with Gasteiger partial charge in [-0.15, -0.1) is 12.4 Å². The van der Waals surface area contributed by atoms with Crippen LogP contribution in [-0.4, -0.2) is 19.6 Å². The largest absolute Gasteiger partial charge is 0.482 e. The summed E-state index contributed by atoms with van der Waals surface area (Å²) in [6.07, 6.45) is 0. The summed E-state index contributed by atoms with van der Waals surface area (Å²) in [4.78, 5) is 12.8. The van der Waals surface area contributed by atoms with E-state index in [9.17, 15) is 4.79 Å². The number of halogens is 2. The molecule has 1 aromatic rings. The molecule has 76 valence electrons. The minimum absolute atomic E-state index is 0. The normalized spacial score (nSPS) is 14.1. The molecular formula is C9H9Cl2NO2. The zero-order valence-electron chi connectivity index (χ0n) is 7.49. The fourth-order valence-electron chi connectivity index (χ4n) is 1.25. The van der Waals surface area contributed by atoms with Gasteiger partial charge in [0.2, 0.25) is 0 Å². The van der Waals surface area contributed by atoms with Crippen molar-refractivity contribution in [3.63, 3.8) is 0 Å². The number of nitrogens with zero attached hydrogens (tertiary/aromatic N) is 1. The monoisotopic (exact) mass is 233 g/mol. The standard InChI is InChI=1S/C9H8ClNO2.ClH/c1-11-7-4-6(10)2-3-8(7)13-5-9(11)12;/h2-4H,5H2,1H3;1H. The first-order valence-corrected chi connectivity index (χ1v) is 4.25. The summed E-state index contributed by atoms with van der Waals surface area (Å²) in [5.74, 6) is 0.640. The van der Waals surface area contributed by atoms with Gasteiger partial charge in [0.05, 0.1) is 5.69 Å². The fraction of sp³-hybridized carbons (Fsp3) is 0.222. The van der Waals surface area contributed by atoms with Crippen molar-refractivity contribution < 1.29 is 9.53 Å². The minimum atomic E-state index is -0.0604. The van der Waals surface area contributed by atoms with Crippen LogP contribution < -0.4 is 9.64 Å². The molecule has 0 aliphatic carbocycles. The molecule has 1 amide bonds. The lowest BCUT2D eigenvalue weighted by atomic mass is 10.2. The first-order valence-electron chi connectivity index (χ1n) is 3.87. The zero-order chi connectivity index (χ0) is 9.42. The van der Waals surface area contributed by atoms with Crippen LogP contribution in [0.2, 0.25) is 5.02 Å². The highest BCUT2D eigenvalue weighted by Gasteiger charge is 2.21. The van der Waals surface area contributed by atoms with Gasteiger partial charge in [0.15, 0.2) is 6.61 Å². The average Bonchev–Trinajstić information content (AvgIpc) is 2.12. The highest BCUT2D eigenvalue weighted by atomic mass is 35.5. The van der Waals surface area contributed by atoms with Crippen LogP contribution in [0.3, 0.4) is 0 Å². The van der Waals surface area contributed by atoms with Gasteiger partial charge in [-0.2, -0.15) is 0 Å². The van der Waals surface area contributed by atoms with Crippen LogP contribution in [0.1, 0.15) is 0 Å². The molecule has 0 radical (unpaired) electrons. The summed E-state index contributed by atoms with van der Waals surface area (Å²) in [5, 5.41) is 0.601. The summed E-state index contributed by atoms with van der Waals surface area (Å²) in [6, 6.07) is 5.22. The number of amides is 1. The molecule has 3 nitrogen and oxygen atoms in total. The summed E-state index contributed by atoms with van der Waals surface area (Å²) in [5.41, 5.74) is 0.726. The summed E-state index contributed by atoms with van der Waals surface area (Å²) in [6.45, 7) is 0.102. The molecule has 0 aromatic heterocycles. The third-order valence-electron chi connectivity index (χ3n) is 2.01. The van der Waals surface area contributed by atoms with Crippen LogP contribution in [0.4, 0.5) is 5.69 Å². The van der Waals surface area contributed by atoms with E-state index in [4.69, 9.17) is 16.3 Å². The molecule has 0 saturated carbocycles. The number of benzene rings is 1. The molecule has 0 spiro atoms. The Morgan fingerprint density at radius 2 is 2.21 bits per heavy atom. The maximum absolute atomic E-state index is 11.2. The summed E-state index contributed by atoms with van der Waals surface area (Å²) in [7, 11) is 1.71. The van der Waals surface area contributed by atoms with Crippen LogP contribution in [0.25, 0.3) is 0 Å². The Hall–Kier alpha value is -0.930. The summed E-state index contributed by atoms with van der Waals surface area (Å²) >= 11 is 5.80. The predicted molar refractivity (Wildman–Crippen MR) is 57.6 cm³/mol. The topological polar surface area (TPSA) is 29.5 Å². The second kappa shape index (κ2) is 4.07. The number of hydrogen-bond acceptors (Lipinski definition) is 2. The van der Waals surface area contributed by atoms with Gasteiger partial charge in [0.1, 0.15) is 5.75 Å². The minimum Gasteiger partial charge on any atom is -0.482 e. The van der Waals surface area contributed by atoms with E-state index >= 15 is 0 Å². The highest BCUT2D eigenvalue weighted by molar-refractivity contribution is 6.31. The molecule has 1 aromatic carbocycles. The van der Waals surface area contributed by atoms with E-state index in [2.05, 4.69) is 0 Å². The number of likely N-dealkylation sites (N-methyl/N-ethyl adjacent to an activating group) is 1. The lowest BCUT2D eigenvalue weighted by molar-refractivity contribution is -0.120. The molecule has 1 aliphatic rings. The van der Waals surface area contributed by atoms with E-state index in [-0.39, 0.29) is 24.9 Å². The number of rotatable bonds is 0. The van der Waals surface area contributed by atoms with E-state index in [1.807, 2.05) is 0 Å². The molecule has 1 aliphatic heterocycles. The molecule has 0 saturated heterocycles. The van der Waals surface area contributed by atoms with Crippen molar-refractivity contribution in [3.8, 4) is 5.75 Å². The van der Waals surface area contributed by atoms with Crippen LogP contribution in [0.5, 0.6) is 5.75 Å². The molecular weight excluding hydrogens is 225 g/mol. The van der Waals surface area contributed by atoms with E-state index in [0.29, 0.717) is 10.8 Å². The number of hydrogen-bond donors (Lipinski definition) is 0. The summed E-state index contributed by atoms with van der Waals surface area (Å²) < 4.78 is 5.21. The van der Waals surface area contributed by atoms with Crippen molar-refractivity contribution in [3.05, 3.63) is 23.2 Å². The molecule has 0 bridgehead atoms. The first kappa shape index (κ1) is 11.1. The molecule has 5 heteroatoms. The average molecular weight is 234 g/mol. The van der Waals surface area contributed by atoms with Crippen LogP contribution in [0, 0.1) is 0 Å². The van der Waals surface area contributed by atoms with Gasteiger partial charge in [0.25, 0.3) is 5.91 Å². The third kappa shape index (κ3) is 1.79. The molecule has 1 heterocycles. The van der Waals surface area contributed by atoms with Crippen LogP contribution in [-0.2, 0) is 4.79 Å². The molecule has 14 heavy (non-hydrogen) atoms. The molecule has 0 atom stereocenters. The predicted octanol–water partition coefficient (Wildman–Crippen LogP) is 2.12. The zero-order valence-corrected chi connectivity index (χ0v) is 9.06. The van der Waals surface area contributed by atoms with Gasteiger partial charge in [-0.25, -0.2) is 0 Å². The van der Waals surface area contributed by atoms with Crippen LogP contribution >= 0.6 is 24.0 Å². The Morgan fingerprint density at radius 3 is 2.93 bits per heavy atom. The Labute approximate surface area is 93.0 Å².